The number of fused-ring (bicyclic) bond motifs is 2. The summed E-state index contributed by atoms with van der Waals surface area (Å²) < 4.78 is 0. The fraction of sp³-hybridized carbons (Fsp3) is 0.154. The number of carbonyl (C=O) groups is 4. The highest BCUT2D eigenvalue weighted by molar-refractivity contribution is 8.01. The summed E-state index contributed by atoms with van der Waals surface area (Å²) in [5.74, 6) is -1.13. The van der Waals surface area contributed by atoms with Crippen molar-refractivity contribution in [3.05, 3.63) is 72.8 Å². The molecule has 0 spiro atoms. The lowest BCUT2D eigenvalue weighted by atomic mass is 10.2. The van der Waals surface area contributed by atoms with Crippen molar-refractivity contribution in [2.24, 2.45) is 0 Å². The van der Waals surface area contributed by atoms with E-state index in [0.29, 0.717) is 11.4 Å². The maximum absolute atomic E-state index is 12.8. The molecule has 0 saturated carbocycles. The minimum absolute atomic E-state index is 0.0224. The second-order valence-corrected chi connectivity index (χ2v) is 10.7. The monoisotopic (exact) mass is 518 g/mol. The Bertz CT molecular complexity index is 1260. The van der Waals surface area contributed by atoms with Gasteiger partial charge in [-0.2, -0.15) is 0 Å². The quantitative estimate of drug-likeness (QED) is 0.380. The van der Waals surface area contributed by atoms with E-state index in [1.807, 2.05) is 48.5 Å². The Balaban J connectivity index is 1.20. The van der Waals surface area contributed by atoms with Gasteiger partial charge in [-0.3, -0.25) is 19.2 Å². The van der Waals surface area contributed by atoms with E-state index >= 15 is 0 Å². The van der Waals surface area contributed by atoms with Crippen LogP contribution in [0.5, 0.6) is 0 Å². The van der Waals surface area contributed by atoms with Gasteiger partial charge in [0.05, 0.1) is 33.2 Å². The van der Waals surface area contributed by atoms with Gasteiger partial charge in [-0.15, -0.1) is 23.5 Å². The first-order chi connectivity index (χ1) is 17.5. The SMILES string of the molecule is O=C(C[C@H]1Sc2ccccc2NC1=O)Nc1ccccc1NC(=O)C[C@H]1Sc2ccccc2NC1=O. The molecular weight excluding hydrogens is 496 g/mol. The molecule has 0 unspecified atom stereocenters. The van der Waals surface area contributed by atoms with Crippen LogP contribution in [0.3, 0.4) is 0 Å². The van der Waals surface area contributed by atoms with Gasteiger partial charge in [0.2, 0.25) is 23.6 Å². The van der Waals surface area contributed by atoms with Crippen molar-refractivity contribution in [3.63, 3.8) is 0 Å². The van der Waals surface area contributed by atoms with Gasteiger partial charge in [-0.05, 0) is 36.4 Å². The van der Waals surface area contributed by atoms with E-state index in [1.54, 1.807) is 24.3 Å². The van der Waals surface area contributed by atoms with E-state index in [9.17, 15) is 19.2 Å². The maximum Gasteiger partial charge on any atom is 0.238 e. The smallest absolute Gasteiger partial charge is 0.238 e. The molecule has 2 heterocycles. The molecular formula is C26H22N4O4S2. The van der Waals surface area contributed by atoms with Gasteiger partial charge in [-0.25, -0.2) is 0 Å². The van der Waals surface area contributed by atoms with Gasteiger partial charge in [-0.1, -0.05) is 36.4 Å². The number of rotatable bonds is 6. The number of carbonyl (C=O) groups excluding carboxylic acids is 4. The number of anilines is 4. The van der Waals surface area contributed by atoms with Crippen LogP contribution >= 0.6 is 23.5 Å². The summed E-state index contributed by atoms with van der Waals surface area (Å²) in [6.07, 6.45) is -0.0448. The topological polar surface area (TPSA) is 116 Å². The van der Waals surface area contributed by atoms with Crippen molar-refractivity contribution in [1.82, 2.24) is 0 Å². The molecule has 10 heteroatoms. The molecule has 4 amide bonds. The van der Waals surface area contributed by atoms with Crippen LogP contribution < -0.4 is 21.3 Å². The van der Waals surface area contributed by atoms with E-state index in [0.717, 1.165) is 21.2 Å². The van der Waals surface area contributed by atoms with Crippen LogP contribution in [0.4, 0.5) is 22.7 Å². The lowest BCUT2D eigenvalue weighted by molar-refractivity contribution is -0.120. The number of thioether (sulfide) groups is 2. The summed E-state index contributed by atoms with van der Waals surface area (Å²) in [4.78, 5) is 52.3. The largest absolute Gasteiger partial charge is 0.324 e. The van der Waals surface area contributed by atoms with E-state index in [4.69, 9.17) is 0 Å². The van der Waals surface area contributed by atoms with Gasteiger partial charge < -0.3 is 21.3 Å². The minimum atomic E-state index is -0.564. The summed E-state index contributed by atoms with van der Waals surface area (Å²) in [6.45, 7) is 0. The van der Waals surface area contributed by atoms with Crippen molar-refractivity contribution < 1.29 is 19.2 Å². The highest BCUT2D eigenvalue weighted by atomic mass is 32.2. The molecule has 4 N–H and O–H groups in total. The third-order valence-electron chi connectivity index (χ3n) is 5.63. The van der Waals surface area contributed by atoms with Gasteiger partial charge in [0.1, 0.15) is 0 Å². The third kappa shape index (κ3) is 5.39. The van der Waals surface area contributed by atoms with Crippen molar-refractivity contribution in [3.8, 4) is 0 Å². The summed E-state index contributed by atoms with van der Waals surface area (Å²) in [7, 11) is 0. The second kappa shape index (κ2) is 10.5. The van der Waals surface area contributed by atoms with Crippen molar-refractivity contribution in [2.45, 2.75) is 33.1 Å². The van der Waals surface area contributed by atoms with Gasteiger partial charge >= 0.3 is 0 Å². The minimum Gasteiger partial charge on any atom is -0.324 e. The van der Waals surface area contributed by atoms with Crippen LogP contribution in [0.15, 0.2) is 82.6 Å². The lowest BCUT2D eigenvalue weighted by Crippen LogP contribution is -2.33. The molecule has 0 saturated heterocycles. The average Bonchev–Trinajstić information content (AvgIpc) is 2.86. The normalized spacial score (nSPS) is 18.2. The zero-order chi connectivity index (χ0) is 25.1. The Morgan fingerprint density at radius 1 is 0.639 bits per heavy atom. The van der Waals surface area contributed by atoms with Gasteiger partial charge in [0.25, 0.3) is 0 Å². The Morgan fingerprint density at radius 3 is 1.47 bits per heavy atom. The van der Waals surface area contributed by atoms with Crippen LogP contribution in [-0.2, 0) is 19.2 Å². The molecule has 0 aromatic heterocycles. The molecule has 0 fully saturated rings. The molecule has 2 atom stereocenters. The van der Waals surface area contributed by atoms with Crippen LogP contribution in [0.2, 0.25) is 0 Å². The Kier molecular flexibility index (Phi) is 6.97. The van der Waals surface area contributed by atoms with Crippen LogP contribution in [-0.4, -0.2) is 34.1 Å². The van der Waals surface area contributed by atoms with E-state index in [2.05, 4.69) is 21.3 Å². The first-order valence-electron chi connectivity index (χ1n) is 11.3. The predicted molar refractivity (Wildman–Crippen MR) is 142 cm³/mol. The molecule has 5 rings (SSSR count). The lowest BCUT2D eigenvalue weighted by Gasteiger charge is -2.24. The molecule has 0 aliphatic carbocycles. The number of benzene rings is 3. The summed E-state index contributed by atoms with van der Waals surface area (Å²) in [5.41, 5.74) is 2.32. The standard InChI is InChI=1S/C26H22N4O4S2/c31-23(13-21-25(33)29-17-9-3-5-11-19(17)35-21)27-15-7-1-2-8-16(15)28-24(32)14-22-26(34)30-18-10-4-6-12-20(18)36-22/h1-12,21-22H,13-14H2,(H,27,31)(H,28,32)(H,29,33)(H,30,34)/t21-,22-/m1/s1. The molecule has 0 bridgehead atoms. The van der Waals surface area contributed by atoms with Crippen molar-refractivity contribution >= 4 is 69.9 Å². The van der Waals surface area contributed by atoms with Crippen LogP contribution in [0, 0.1) is 0 Å². The summed E-state index contributed by atoms with van der Waals surface area (Å²) in [5, 5.41) is 10.1. The second-order valence-electron chi connectivity index (χ2n) is 8.23. The highest BCUT2D eigenvalue weighted by Crippen LogP contribution is 2.38. The molecule has 3 aromatic rings. The number of hydrogen-bond acceptors (Lipinski definition) is 6. The first kappa shape index (κ1) is 24.0. The fourth-order valence-corrected chi connectivity index (χ4v) is 6.12. The number of amides is 4. The molecule has 3 aromatic carbocycles. The van der Waals surface area contributed by atoms with Crippen molar-refractivity contribution in [1.29, 1.82) is 0 Å². The molecule has 36 heavy (non-hydrogen) atoms. The predicted octanol–water partition coefficient (Wildman–Crippen LogP) is 4.57. The highest BCUT2D eigenvalue weighted by Gasteiger charge is 2.30. The van der Waals surface area contributed by atoms with E-state index in [-0.39, 0.29) is 36.5 Å². The van der Waals surface area contributed by atoms with Gasteiger partial charge in [0.15, 0.2) is 0 Å². The summed E-state index contributed by atoms with van der Waals surface area (Å²) in [6, 6.07) is 21.7. The average molecular weight is 519 g/mol. The molecule has 8 nitrogen and oxygen atoms in total. The fourth-order valence-electron chi connectivity index (χ4n) is 3.89. The third-order valence-corrected chi connectivity index (χ3v) is 8.18. The molecule has 2 aliphatic heterocycles. The van der Waals surface area contributed by atoms with Gasteiger partial charge in [0, 0.05) is 22.6 Å². The maximum atomic E-state index is 12.8. The van der Waals surface area contributed by atoms with E-state index < -0.39 is 10.5 Å². The molecule has 2 aliphatic rings. The zero-order valence-corrected chi connectivity index (χ0v) is 20.6. The molecule has 0 radical (unpaired) electrons. The van der Waals surface area contributed by atoms with Crippen LogP contribution in [0.25, 0.3) is 0 Å². The number of hydrogen-bond donors (Lipinski definition) is 4. The Hall–Kier alpha value is -3.76. The van der Waals surface area contributed by atoms with Crippen molar-refractivity contribution in [2.75, 3.05) is 21.3 Å². The molecule has 182 valence electrons. The zero-order valence-electron chi connectivity index (χ0n) is 18.9. The Morgan fingerprint density at radius 2 is 1.03 bits per heavy atom. The number of para-hydroxylation sites is 4. The first-order valence-corrected chi connectivity index (χ1v) is 13.0. The summed E-state index contributed by atoms with van der Waals surface area (Å²) >= 11 is 2.70. The van der Waals surface area contributed by atoms with Crippen LogP contribution in [0.1, 0.15) is 12.8 Å². The van der Waals surface area contributed by atoms with E-state index in [1.165, 1.54) is 23.5 Å². The Labute approximate surface area is 216 Å². The number of nitrogens with one attached hydrogen (secondary N) is 4.